The van der Waals surface area contributed by atoms with Crippen LogP contribution in [-0.2, 0) is 0 Å². The highest BCUT2D eigenvalue weighted by molar-refractivity contribution is 5.07. The molecule has 0 fully saturated rings. The number of hydrogen-bond donors (Lipinski definition) is 0. The first kappa shape index (κ1) is 28.7. The van der Waals surface area contributed by atoms with E-state index in [0.29, 0.717) is 0 Å². The van der Waals surface area contributed by atoms with Crippen LogP contribution in [0.4, 0.5) is 0 Å². The molecular formula is C29H51N. The van der Waals surface area contributed by atoms with E-state index < -0.39 is 0 Å². The normalized spacial score (nSPS) is 13.9. The van der Waals surface area contributed by atoms with Crippen LogP contribution < -0.4 is 0 Å². The molecule has 0 N–H and O–H groups in total. The molecule has 0 aromatic rings. The van der Waals surface area contributed by atoms with Crippen molar-refractivity contribution >= 4 is 0 Å². The number of nitrogens with zero attached hydrogens (tertiary/aromatic N) is 1. The zero-order valence-corrected chi connectivity index (χ0v) is 21.6. The lowest BCUT2D eigenvalue weighted by atomic mass is 10.0. The molecule has 0 aliphatic carbocycles. The summed E-state index contributed by atoms with van der Waals surface area (Å²) in [7, 11) is 4.30. The smallest absolute Gasteiger partial charge is 0.00218 e. The monoisotopic (exact) mass is 413 g/mol. The lowest BCUT2D eigenvalue weighted by Crippen LogP contribution is -2.12. The second-order valence-corrected chi connectivity index (χ2v) is 9.58. The van der Waals surface area contributed by atoms with Gasteiger partial charge in [0.05, 0.1) is 0 Å². The van der Waals surface area contributed by atoms with Crippen molar-refractivity contribution in [2.24, 2.45) is 0 Å². The molecule has 172 valence electrons. The van der Waals surface area contributed by atoms with Gasteiger partial charge in [0.2, 0.25) is 0 Å². The highest BCUT2D eigenvalue weighted by Gasteiger charge is 1.95. The van der Waals surface area contributed by atoms with Crippen LogP contribution in [0.3, 0.4) is 0 Å². The Hall–Kier alpha value is -1.34. The quantitative estimate of drug-likeness (QED) is 0.180. The van der Waals surface area contributed by atoms with Gasteiger partial charge in [-0.3, -0.25) is 0 Å². The van der Waals surface area contributed by atoms with Crippen LogP contribution in [0.2, 0.25) is 0 Å². The van der Waals surface area contributed by atoms with E-state index in [4.69, 9.17) is 0 Å². The Kier molecular flexibility index (Phi) is 17.6. The second kappa shape index (κ2) is 18.4. The van der Waals surface area contributed by atoms with Gasteiger partial charge in [-0.05, 0) is 126 Å². The van der Waals surface area contributed by atoms with E-state index in [1.807, 2.05) is 0 Å². The van der Waals surface area contributed by atoms with E-state index in [-0.39, 0.29) is 0 Å². The van der Waals surface area contributed by atoms with Gasteiger partial charge in [-0.2, -0.15) is 0 Å². The van der Waals surface area contributed by atoms with Gasteiger partial charge in [-0.1, -0.05) is 58.2 Å². The Balaban J connectivity index is 4.01. The molecule has 0 saturated carbocycles. The fourth-order valence-electron chi connectivity index (χ4n) is 3.42. The molecule has 0 unspecified atom stereocenters. The van der Waals surface area contributed by atoms with Crippen LogP contribution >= 0.6 is 0 Å². The summed E-state index contributed by atoms with van der Waals surface area (Å²) < 4.78 is 0. The molecule has 0 heterocycles. The Morgan fingerprint density at radius 2 is 0.867 bits per heavy atom. The van der Waals surface area contributed by atoms with E-state index in [1.54, 1.807) is 5.57 Å². The Labute approximate surface area is 189 Å². The molecule has 0 bridgehead atoms. The molecule has 0 radical (unpaired) electrons. The SMILES string of the molecule is CC(C)=CCC/C(C)=C\CC/C(C)=C/CC/C=C(\C)CC/C=C(\C)CCCN(C)C. The third kappa shape index (κ3) is 20.0. The Morgan fingerprint density at radius 1 is 0.500 bits per heavy atom. The zero-order chi connectivity index (χ0) is 22.8. The van der Waals surface area contributed by atoms with Gasteiger partial charge in [0.25, 0.3) is 0 Å². The van der Waals surface area contributed by atoms with Crippen molar-refractivity contribution in [1.82, 2.24) is 4.90 Å². The third-order valence-electron chi connectivity index (χ3n) is 5.48. The molecule has 0 saturated heterocycles. The highest BCUT2D eigenvalue weighted by Crippen LogP contribution is 2.14. The lowest BCUT2D eigenvalue weighted by molar-refractivity contribution is 0.400. The van der Waals surface area contributed by atoms with E-state index in [0.717, 1.165) is 0 Å². The molecule has 0 aromatic carbocycles. The third-order valence-corrected chi connectivity index (χ3v) is 5.48. The van der Waals surface area contributed by atoms with Crippen LogP contribution in [0, 0.1) is 0 Å². The van der Waals surface area contributed by atoms with Gasteiger partial charge in [-0.25, -0.2) is 0 Å². The molecule has 0 aliphatic heterocycles. The fourth-order valence-corrected chi connectivity index (χ4v) is 3.42. The summed E-state index contributed by atoms with van der Waals surface area (Å²) in [5.74, 6) is 0. The first-order valence-electron chi connectivity index (χ1n) is 12.1. The van der Waals surface area contributed by atoms with Crippen molar-refractivity contribution in [3.05, 3.63) is 58.2 Å². The van der Waals surface area contributed by atoms with Crippen molar-refractivity contribution in [1.29, 1.82) is 0 Å². The molecule has 0 spiro atoms. The summed E-state index contributed by atoms with van der Waals surface area (Å²) in [5, 5.41) is 0. The van der Waals surface area contributed by atoms with Gasteiger partial charge < -0.3 is 4.90 Å². The number of hydrogen-bond acceptors (Lipinski definition) is 1. The maximum atomic E-state index is 2.44. The molecule has 0 atom stereocenters. The summed E-state index contributed by atoms with van der Waals surface area (Å²) in [6.45, 7) is 14.7. The van der Waals surface area contributed by atoms with E-state index in [1.165, 1.54) is 93.0 Å². The van der Waals surface area contributed by atoms with Gasteiger partial charge >= 0.3 is 0 Å². The minimum Gasteiger partial charge on any atom is -0.309 e. The molecule has 0 aromatic heterocycles. The summed E-state index contributed by atoms with van der Waals surface area (Å²) in [6, 6.07) is 0. The minimum absolute atomic E-state index is 1.17. The molecule has 1 heteroatoms. The van der Waals surface area contributed by atoms with Crippen LogP contribution in [0.25, 0.3) is 0 Å². The first-order valence-corrected chi connectivity index (χ1v) is 12.1. The van der Waals surface area contributed by atoms with Gasteiger partial charge in [0.1, 0.15) is 0 Å². The van der Waals surface area contributed by atoms with E-state index in [2.05, 4.69) is 90.9 Å². The molecular weight excluding hydrogens is 362 g/mol. The average Bonchev–Trinajstić information content (AvgIpc) is 2.64. The summed E-state index contributed by atoms with van der Waals surface area (Å²) in [5.41, 5.74) is 7.57. The zero-order valence-electron chi connectivity index (χ0n) is 21.6. The molecule has 0 aliphatic rings. The number of allylic oxidation sites excluding steroid dienone is 10. The van der Waals surface area contributed by atoms with Crippen molar-refractivity contribution in [3.8, 4) is 0 Å². The van der Waals surface area contributed by atoms with Crippen LogP contribution in [0.5, 0.6) is 0 Å². The van der Waals surface area contributed by atoms with Crippen molar-refractivity contribution in [2.75, 3.05) is 20.6 Å². The maximum Gasteiger partial charge on any atom is -0.00218 e. The molecule has 1 nitrogen and oxygen atoms in total. The Morgan fingerprint density at radius 3 is 1.27 bits per heavy atom. The lowest BCUT2D eigenvalue weighted by Gasteiger charge is -2.09. The van der Waals surface area contributed by atoms with Crippen LogP contribution in [-0.4, -0.2) is 25.5 Å². The van der Waals surface area contributed by atoms with Crippen LogP contribution in [0.1, 0.15) is 106 Å². The summed E-state index contributed by atoms with van der Waals surface area (Å²) in [4.78, 5) is 2.27. The first-order chi connectivity index (χ1) is 14.2. The summed E-state index contributed by atoms with van der Waals surface area (Å²) in [6.07, 6.45) is 24.0. The van der Waals surface area contributed by atoms with Gasteiger partial charge in [0.15, 0.2) is 0 Å². The largest absolute Gasteiger partial charge is 0.309 e. The van der Waals surface area contributed by atoms with E-state index in [9.17, 15) is 0 Å². The number of rotatable bonds is 16. The van der Waals surface area contributed by atoms with Gasteiger partial charge in [0, 0.05) is 0 Å². The topological polar surface area (TPSA) is 3.24 Å². The molecule has 30 heavy (non-hydrogen) atoms. The minimum atomic E-state index is 1.17. The summed E-state index contributed by atoms with van der Waals surface area (Å²) >= 11 is 0. The standard InChI is InChI=1S/C29H51N/c1-25(2)15-11-18-28(5)21-12-19-26(3)16-9-10-17-27(4)20-13-22-29(6)23-14-24-30(7)8/h15-17,21-22H,9-14,18-20,23-24H2,1-8H3/b26-16+,27-17+,28-21-,29-22+. The predicted molar refractivity (Wildman–Crippen MR) is 139 cm³/mol. The van der Waals surface area contributed by atoms with E-state index >= 15 is 0 Å². The van der Waals surface area contributed by atoms with Crippen LogP contribution in [0.15, 0.2) is 58.2 Å². The molecule has 0 amide bonds. The van der Waals surface area contributed by atoms with Crippen molar-refractivity contribution < 1.29 is 0 Å². The highest BCUT2D eigenvalue weighted by atomic mass is 15.0. The average molecular weight is 414 g/mol. The predicted octanol–water partition coefficient (Wildman–Crippen LogP) is 9.20. The second-order valence-electron chi connectivity index (χ2n) is 9.58. The van der Waals surface area contributed by atoms with Crippen molar-refractivity contribution in [2.45, 2.75) is 106 Å². The number of unbranched alkanes of at least 4 members (excludes halogenated alkanes) is 1. The molecule has 0 rings (SSSR count). The Bertz CT molecular complexity index is 592. The maximum absolute atomic E-state index is 2.44. The van der Waals surface area contributed by atoms with Crippen molar-refractivity contribution in [3.63, 3.8) is 0 Å². The van der Waals surface area contributed by atoms with Gasteiger partial charge in [-0.15, -0.1) is 0 Å². The fraction of sp³-hybridized carbons (Fsp3) is 0.655.